The zero-order chi connectivity index (χ0) is 39.8. The fourth-order valence-electron chi connectivity index (χ4n) is 8.99. The summed E-state index contributed by atoms with van der Waals surface area (Å²) in [6.07, 6.45) is 0. The highest BCUT2D eigenvalue weighted by Crippen LogP contribution is 2.45. The van der Waals surface area contributed by atoms with Crippen LogP contribution >= 0.6 is 0 Å². The Morgan fingerprint density at radius 2 is 0.800 bits per heavy atom. The molecule has 0 atom stereocenters. The zero-order valence-corrected chi connectivity index (χ0v) is 33.0. The molecular weight excluding hydrogens is 725 g/mol. The van der Waals surface area contributed by atoms with Crippen LogP contribution in [0.25, 0.3) is 82.8 Å². The largest absolute Gasteiger partial charge is 0.310 e. The first-order valence-electron chi connectivity index (χ1n) is 20.6. The lowest BCUT2D eigenvalue weighted by molar-refractivity contribution is 1.18. The number of rotatable bonds is 8. The van der Waals surface area contributed by atoms with Gasteiger partial charge in [0.1, 0.15) is 0 Å². The van der Waals surface area contributed by atoms with Crippen LogP contribution in [0.3, 0.4) is 0 Å². The molecule has 10 aromatic carbocycles. The van der Waals surface area contributed by atoms with Crippen molar-refractivity contribution in [2.24, 2.45) is 0 Å². The van der Waals surface area contributed by atoms with Crippen LogP contribution in [0.1, 0.15) is 0 Å². The van der Waals surface area contributed by atoms with Crippen LogP contribution in [0.4, 0.5) is 17.1 Å². The topological polar surface area (TPSA) is 8.17 Å². The van der Waals surface area contributed by atoms with Crippen molar-refractivity contribution in [2.45, 2.75) is 0 Å². The minimum atomic E-state index is 1.08. The van der Waals surface area contributed by atoms with Crippen molar-refractivity contribution in [3.05, 3.63) is 243 Å². The summed E-state index contributed by atoms with van der Waals surface area (Å²) in [5, 5.41) is 4.97. The molecule has 0 aliphatic heterocycles. The van der Waals surface area contributed by atoms with E-state index in [0.717, 1.165) is 22.7 Å². The smallest absolute Gasteiger partial charge is 0.0547 e. The van der Waals surface area contributed by atoms with Gasteiger partial charge in [-0.25, -0.2) is 0 Å². The minimum Gasteiger partial charge on any atom is -0.310 e. The highest BCUT2D eigenvalue weighted by atomic mass is 15.1. The molecule has 1 aromatic heterocycles. The third-order valence-corrected chi connectivity index (χ3v) is 11.8. The number of hydrogen-bond donors (Lipinski definition) is 0. The molecule has 0 bridgehead atoms. The van der Waals surface area contributed by atoms with E-state index in [1.54, 1.807) is 0 Å². The van der Waals surface area contributed by atoms with E-state index < -0.39 is 0 Å². The minimum absolute atomic E-state index is 1.08. The Balaban J connectivity index is 1.06. The molecule has 0 saturated heterocycles. The van der Waals surface area contributed by atoms with E-state index in [1.807, 2.05) is 0 Å². The van der Waals surface area contributed by atoms with Crippen molar-refractivity contribution in [3.8, 4) is 50.2 Å². The summed E-state index contributed by atoms with van der Waals surface area (Å²) in [7, 11) is 0. The van der Waals surface area contributed by atoms with Crippen LogP contribution in [0, 0.1) is 0 Å². The maximum Gasteiger partial charge on any atom is 0.0547 e. The Kier molecular flexibility index (Phi) is 8.87. The molecule has 0 spiro atoms. The van der Waals surface area contributed by atoms with Crippen molar-refractivity contribution < 1.29 is 0 Å². The molecule has 0 N–H and O–H groups in total. The van der Waals surface area contributed by atoms with E-state index in [4.69, 9.17) is 0 Å². The van der Waals surface area contributed by atoms with E-state index >= 15 is 0 Å². The van der Waals surface area contributed by atoms with Crippen LogP contribution in [-0.2, 0) is 0 Å². The van der Waals surface area contributed by atoms with Crippen molar-refractivity contribution in [1.82, 2.24) is 4.57 Å². The van der Waals surface area contributed by atoms with Crippen molar-refractivity contribution >= 4 is 49.6 Å². The van der Waals surface area contributed by atoms with Gasteiger partial charge in [-0.2, -0.15) is 0 Å². The standard InChI is InChI=1S/C58H40N2/c1-4-16-41(17-5-1)42-30-35-48(36-31-42)59(55-28-12-11-25-52(55)54-27-15-21-45-20-14-26-50(58(45)54)44-18-6-2-7-19-44)49-37-32-43(33-38-49)46-34-39-53-51-24-10-13-29-56(51)60(57(53)40-46)47-22-8-3-9-23-47/h1-40H. The van der Waals surface area contributed by atoms with Gasteiger partial charge in [0, 0.05) is 33.4 Å². The van der Waals surface area contributed by atoms with E-state index in [-0.39, 0.29) is 0 Å². The summed E-state index contributed by atoms with van der Waals surface area (Å²) in [4.78, 5) is 2.41. The lowest BCUT2D eigenvalue weighted by Crippen LogP contribution is -2.11. The van der Waals surface area contributed by atoms with Crippen molar-refractivity contribution in [3.63, 3.8) is 0 Å². The van der Waals surface area contributed by atoms with Gasteiger partial charge in [0.25, 0.3) is 0 Å². The highest BCUT2D eigenvalue weighted by Gasteiger charge is 2.20. The van der Waals surface area contributed by atoms with Crippen LogP contribution in [-0.4, -0.2) is 4.57 Å². The second-order valence-electron chi connectivity index (χ2n) is 15.3. The van der Waals surface area contributed by atoms with Crippen LogP contribution in [0.5, 0.6) is 0 Å². The maximum absolute atomic E-state index is 2.41. The maximum atomic E-state index is 2.41. The summed E-state index contributed by atoms with van der Waals surface area (Å²) in [5.74, 6) is 0. The fourth-order valence-corrected chi connectivity index (χ4v) is 8.99. The molecule has 0 unspecified atom stereocenters. The van der Waals surface area contributed by atoms with E-state index in [9.17, 15) is 0 Å². The van der Waals surface area contributed by atoms with Gasteiger partial charge >= 0.3 is 0 Å². The number of aromatic nitrogens is 1. The Labute approximate surface area is 350 Å². The van der Waals surface area contributed by atoms with Gasteiger partial charge in [-0.05, 0) is 104 Å². The van der Waals surface area contributed by atoms with E-state index in [0.29, 0.717) is 0 Å². The monoisotopic (exact) mass is 764 g/mol. The van der Waals surface area contributed by atoms with E-state index in [2.05, 4.69) is 252 Å². The van der Waals surface area contributed by atoms with E-state index in [1.165, 1.54) is 77.1 Å². The summed E-state index contributed by atoms with van der Waals surface area (Å²) in [5.41, 5.74) is 16.4. The quantitative estimate of drug-likeness (QED) is 0.150. The van der Waals surface area contributed by atoms with Gasteiger partial charge in [0.15, 0.2) is 0 Å². The van der Waals surface area contributed by atoms with Gasteiger partial charge in [0.05, 0.1) is 16.7 Å². The van der Waals surface area contributed by atoms with Crippen LogP contribution in [0.2, 0.25) is 0 Å². The first-order chi connectivity index (χ1) is 29.8. The highest BCUT2D eigenvalue weighted by molar-refractivity contribution is 6.11. The van der Waals surface area contributed by atoms with Gasteiger partial charge < -0.3 is 9.47 Å². The third-order valence-electron chi connectivity index (χ3n) is 11.8. The Hall–Kier alpha value is -7.94. The number of hydrogen-bond acceptors (Lipinski definition) is 1. The Morgan fingerprint density at radius 3 is 1.50 bits per heavy atom. The van der Waals surface area contributed by atoms with Gasteiger partial charge in [-0.15, -0.1) is 0 Å². The molecule has 0 fully saturated rings. The number of anilines is 3. The summed E-state index contributed by atoms with van der Waals surface area (Å²) >= 11 is 0. The molecule has 11 rings (SSSR count). The molecule has 0 aliphatic carbocycles. The Morgan fingerprint density at radius 1 is 0.300 bits per heavy atom. The lowest BCUT2D eigenvalue weighted by Gasteiger charge is -2.29. The number of fused-ring (bicyclic) bond motifs is 4. The number of nitrogens with zero attached hydrogens (tertiary/aromatic N) is 2. The average molecular weight is 765 g/mol. The molecule has 1 heterocycles. The van der Waals surface area contributed by atoms with Gasteiger partial charge in [-0.3, -0.25) is 0 Å². The molecule has 2 nitrogen and oxygen atoms in total. The summed E-state index contributed by atoms with van der Waals surface area (Å²) in [6.45, 7) is 0. The SMILES string of the molecule is c1ccc(-c2ccc(N(c3ccc(-c4ccc5c6ccccc6n(-c6ccccc6)c5c4)cc3)c3ccccc3-c3cccc4cccc(-c5ccccc5)c34)cc2)cc1. The lowest BCUT2D eigenvalue weighted by atomic mass is 9.90. The Bertz CT molecular complexity index is 3270. The predicted octanol–water partition coefficient (Wildman–Crippen LogP) is 16.1. The first-order valence-corrected chi connectivity index (χ1v) is 20.6. The molecular formula is C58H40N2. The molecule has 0 saturated carbocycles. The van der Waals surface area contributed by atoms with Crippen molar-refractivity contribution in [1.29, 1.82) is 0 Å². The second-order valence-corrected chi connectivity index (χ2v) is 15.3. The normalized spacial score (nSPS) is 11.3. The summed E-state index contributed by atoms with van der Waals surface area (Å²) in [6, 6.07) is 87.8. The molecule has 0 radical (unpaired) electrons. The molecule has 282 valence electrons. The zero-order valence-electron chi connectivity index (χ0n) is 33.0. The number of para-hydroxylation sites is 3. The van der Waals surface area contributed by atoms with Crippen LogP contribution < -0.4 is 4.90 Å². The molecule has 0 amide bonds. The molecule has 2 heteroatoms. The third kappa shape index (κ3) is 6.23. The molecule has 0 aliphatic rings. The predicted molar refractivity (Wildman–Crippen MR) is 255 cm³/mol. The molecule has 11 aromatic rings. The van der Waals surface area contributed by atoms with Crippen molar-refractivity contribution in [2.75, 3.05) is 4.90 Å². The molecule has 60 heavy (non-hydrogen) atoms. The number of benzene rings is 10. The average Bonchev–Trinajstić information content (AvgIpc) is 3.66. The second kappa shape index (κ2) is 15.1. The van der Waals surface area contributed by atoms with Gasteiger partial charge in [-0.1, -0.05) is 188 Å². The van der Waals surface area contributed by atoms with Crippen LogP contribution in [0.15, 0.2) is 243 Å². The summed E-state index contributed by atoms with van der Waals surface area (Å²) < 4.78 is 2.39. The first kappa shape index (κ1) is 35.2. The van der Waals surface area contributed by atoms with Gasteiger partial charge in [0.2, 0.25) is 0 Å². The fraction of sp³-hybridized carbons (Fsp3) is 0.